The average Bonchev–Trinajstić information content (AvgIpc) is 2.27. The van der Waals surface area contributed by atoms with Gasteiger partial charge in [-0.3, -0.25) is 4.79 Å². The highest BCUT2D eigenvalue weighted by Crippen LogP contribution is 2.29. The first-order valence-corrected chi connectivity index (χ1v) is 5.61. The van der Waals surface area contributed by atoms with Gasteiger partial charge in [0.2, 0.25) is 0 Å². The molecule has 0 fully saturated rings. The fraction of sp³-hybridized carbons (Fsp3) is 0.462. The number of benzene rings is 1. The summed E-state index contributed by atoms with van der Waals surface area (Å²) >= 11 is 0. The van der Waals surface area contributed by atoms with Gasteiger partial charge in [0.25, 0.3) is 0 Å². The van der Waals surface area contributed by atoms with Crippen LogP contribution in [0.4, 0.5) is 0 Å². The topological polar surface area (TPSA) is 72.5 Å². The molecule has 0 aliphatic carbocycles. The second kappa shape index (κ2) is 5.68. The Balaban J connectivity index is 3.09. The molecule has 0 saturated carbocycles. The van der Waals surface area contributed by atoms with Crippen molar-refractivity contribution in [3.8, 4) is 5.75 Å². The lowest BCUT2D eigenvalue weighted by molar-refractivity contribution is -0.137. The molecule has 0 amide bonds. The Bertz CT molecular complexity index is 402. The van der Waals surface area contributed by atoms with Crippen LogP contribution in [-0.2, 0) is 4.79 Å². The summed E-state index contributed by atoms with van der Waals surface area (Å²) < 4.78 is 5.16. The molecule has 0 spiro atoms. The number of carboxylic acid groups (broad SMARTS) is 1. The van der Waals surface area contributed by atoms with Crippen LogP contribution in [0.5, 0.6) is 5.75 Å². The zero-order valence-electron chi connectivity index (χ0n) is 10.4. The van der Waals surface area contributed by atoms with E-state index >= 15 is 0 Å². The molecule has 0 aromatic heterocycles. The Hall–Kier alpha value is -1.55. The highest BCUT2D eigenvalue weighted by Gasteiger charge is 2.16. The molecule has 1 rings (SSSR count). The van der Waals surface area contributed by atoms with E-state index in [0.29, 0.717) is 0 Å². The molecule has 1 atom stereocenters. The third kappa shape index (κ3) is 3.46. The van der Waals surface area contributed by atoms with Crippen LogP contribution in [0.1, 0.15) is 43.4 Å². The molecule has 1 aromatic rings. The minimum atomic E-state index is -0.886. The smallest absolute Gasteiger partial charge is 0.305 e. The van der Waals surface area contributed by atoms with Gasteiger partial charge in [-0.1, -0.05) is 19.9 Å². The number of rotatable bonds is 5. The number of carboxylic acids is 1. The number of carbonyl (C=O) groups is 1. The Morgan fingerprint density at radius 3 is 2.53 bits per heavy atom. The molecule has 4 heteroatoms. The van der Waals surface area contributed by atoms with E-state index in [4.69, 9.17) is 15.6 Å². The highest BCUT2D eigenvalue weighted by atomic mass is 16.5. The molecule has 3 N–H and O–H groups in total. The lowest BCUT2D eigenvalue weighted by Crippen LogP contribution is -2.17. The van der Waals surface area contributed by atoms with Crippen LogP contribution in [0.2, 0.25) is 0 Å². The minimum Gasteiger partial charge on any atom is -0.497 e. The number of ether oxygens (including phenoxy) is 1. The molecule has 0 heterocycles. The third-order valence-corrected chi connectivity index (χ3v) is 2.71. The van der Waals surface area contributed by atoms with Crippen molar-refractivity contribution < 1.29 is 14.6 Å². The fourth-order valence-electron chi connectivity index (χ4n) is 1.82. The summed E-state index contributed by atoms with van der Waals surface area (Å²) in [4.78, 5) is 10.7. The van der Waals surface area contributed by atoms with Crippen LogP contribution in [0, 0.1) is 0 Å². The fourth-order valence-corrected chi connectivity index (χ4v) is 1.82. The normalized spacial score (nSPS) is 12.5. The molecule has 94 valence electrons. The summed E-state index contributed by atoms with van der Waals surface area (Å²) in [7, 11) is 1.61. The molecule has 17 heavy (non-hydrogen) atoms. The first kappa shape index (κ1) is 13.5. The molecule has 0 aliphatic heterocycles. The van der Waals surface area contributed by atoms with Gasteiger partial charge in [-0.2, -0.15) is 0 Å². The maximum absolute atomic E-state index is 10.7. The molecular formula is C13H19NO3. The van der Waals surface area contributed by atoms with Crippen LogP contribution in [0.15, 0.2) is 18.2 Å². The van der Waals surface area contributed by atoms with Gasteiger partial charge in [0.05, 0.1) is 13.5 Å². The van der Waals surface area contributed by atoms with E-state index in [1.807, 2.05) is 32.0 Å². The van der Waals surface area contributed by atoms with Gasteiger partial charge >= 0.3 is 5.97 Å². The molecule has 1 unspecified atom stereocenters. The summed E-state index contributed by atoms with van der Waals surface area (Å²) in [6.45, 7) is 4.09. The van der Waals surface area contributed by atoms with Crippen molar-refractivity contribution in [1.29, 1.82) is 0 Å². The Morgan fingerprint density at radius 2 is 2.06 bits per heavy atom. The zero-order valence-corrected chi connectivity index (χ0v) is 10.4. The first-order valence-electron chi connectivity index (χ1n) is 5.61. The summed E-state index contributed by atoms with van der Waals surface area (Å²) in [6.07, 6.45) is -0.0634. The molecule has 0 saturated heterocycles. The molecule has 0 bridgehead atoms. The van der Waals surface area contributed by atoms with Crippen LogP contribution >= 0.6 is 0 Å². The predicted molar refractivity (Wildman–Crippen MR) is 66.3 cm³/mol. The van der Waals surface area contributed by atoms with Crippen molar-refractivity contribution >= 4 is 5.97 Å². The molecule has 0 aliphatic rings. The summed E-state index contributed by atoms with van der Waals surface area (Å²) in [5, 5.41) is 8.77. The van der Waals surface area contributed by atoms with Crippen molar-refractivity contribution in [1.82, 2.24) is 0 Å². The largest absolute Gasteiger partial charge is 0.497 e. The number of hydrogen-bond acceptors (Lipinski definition) is 3. The van der Waals surface area contributed by atoms with Gasteiger partial charge in [-0.15, -0.1) is 0 Å². The molecule has 1 aromatic carbocycles. The maximum Gasteiger partial charge on any atom is 0.305 e. The van der Waals surface area contributed by atoms with E-state index in [2.05, 4.69) is 0 Å². The van der Waals surface area contributed by atoms with Crippen molar-refractivity contribution in [2.75, 3.05) is 7.11 Å². The Kier molecular flexibility index (Phi) is 4.52. The van der Waals surface area contributed by atoms with Crippen LogP contribution < -0.4 is 10.5 Å². The van der Waals surface area contributed by atoms with Crippen molar-refractivity contribution in [3.05, 3.63) is 29.3 Å². The van der Waals surface area contributed by atoms with Gasteiger partial charge in [0.1, 0.15) is 5.75 Å². The van der Waals surface area contributed by atoms with E-state index in [1.165, 1.54) is 0 Å². The standard InChI is InChI=1S/C13H19NO3/c1-8(2)11-6-9(17-3)4-5-10(11)12(14)7-13(15)16/h4-6,8,12H,7,14H2,1-3H3,(H,15,16). The lowest BCUT2D eigenvalue weighted by Gasteiger charge is -2.18. The predicted octanol–water partition coefficient (Wildman–Crippen LogP) is 2.29. The van der Waals surface area contributed by atoms with E-state index in [1.54, 1.807) is 7.11 Å². The van der Waals surface area contributed by atoms with Crippen LogP contribution in [-0.4, -0.2) is 18.2 Å². The van der Waals surface area contributed by atoms with Crippen molar-refractivity contribution in [2.24, 2.45) is 5.73 Å². The second-order valence-corrected chi connectivity index (χ2v) is 4.35. The van der Waals surface area contributed by atoms with Gasteiger partial charge in [0, 0.05) is 6.04 Å². The molecular weight excluding hydrogens is 218 g/mol. The number of aliphatic carboxylic acids is 1. The quantitative estimate of drug-likeness (QED) is 0.824. The lowest BCUT2D eigenvalue weighted by atomic mass is 9.91. The zero-order chi connectivity index (χ0) is 13.0. The van der Waals surface area contributed by atoms with E-state index < -0.39 is 12.0 Å². The van der Waals surface area contributed by atoms with Gasteiger partial charge in [-0.25, -0.2) is 0 Å². The van der Waals surface area contributed by atoms with E-state index in [-0.39, 0.29) is 12.3 Å². The van der Waals surface area contributed by atoms with Gasteiger partial charge in [0.15, 0.2) is 0 Å². The van der Waals surface area contributed by atoms with Gasteiger partial charge < -0.3 is 15.6 Å². The number of nitrogens with two attached hydrogens (primary N) is 1. The maximum atomic E-state index is 10.7. The highest BCUT2D eigenvalue weighted by molar-refractivity contribution is 5.68. The van der Waals surface area contributed by atoms with Crippen molar-refractivity contribution in [3.63, 3.8) is 0 Å². The van der Waals surface area contributed by atoms with E-state index in [0.717, 1.165) is 16.9 Å². The minimum absolute atomic E-state index is 0.0634. The SMILES string of the molecule is COc1ccc(C(N)CC(=O)O)c(C(C)C)c1. The monoisotopic (exact) mass is 237 g/mol. The summed E-state index contributed by atoms with van der Waals surface area (Å²) in [5.74, 6) is 0.156. The van der Waals surface area contributed by atoms with Crippen molar-refractivity contribution in [2.45, 2.75) is 32.2 Å². The van der Waals surface area contributed by atoms with Crippen LogP contribution in [0.25, 0.3) is 0 Å². The summed E-state index contributed by atoms with van der Waals surface area (Å²) in [6, 6.07) is 5.10. The molecule has 0 radical (unpaired) electrons. The first-order chi connectivity index (χ1) is 7.95. The Morgan fingerprint density at radius 1 is 1.41 bits per heavy atom. The van der Waals surface area contributed by atoms with Gasteiger partial charge in [-0.05, 0) is 29.2 Å². The second-order valence-electron chi connectivity index (χ2n) is 4.35. The van der Waals surface area contributed by atoms with E-state index in [9.17, 15) is 4.79 Å². The Labute approximate surface area is 101 Å². The third-order valence-electron chi connectivity index (χ3n) is 2.71. The number of hydrogen-bond donors (Lipinski definition) is 2. The average molecular weight is 237 g/mol. The van der Waals surface area contributed by atoms with Crippen LogP contribution in [0.3, 0.4) is 0 Å². The molecule has 4 nitrogen and oxygen atoms in total. The summed E-state index contributed by atoms with van der Waals surface area (Å²) in [5.41, 5.74) is 7.82. The number of methoxy groups -OCH3 is 1.